The summed E-state index contributed by atoms with van der Waals surface area (Å²) in [4.78, 5) is 19.7. The summed E-state index contributed by atoms with van der Waals surface area (Å²) in [6, 6.07) is 9.80. The van der Waals surface area contributed by atoms with Crippen molar-refractivity contribution in [3.05, 3.63) is 65.6 Å². The third-order valence-electron chi connectivity index (χ3n) is 3.54. The molecule has 6 N–H and O–H groups in total. The molecule has 0 atom stereocenters. The van der Waals surface area contributed by atoms with E-state index >= 15 is 0 Å². The normalized spacial score (nSPS) is 12.1. The summed E-state index contributed by atoms with van der Waals surface area (Å²) in [7, 11) is 0. The number of benzene rings is 1. The van der Waals surface area contributed by atoms with Crippen LogP contribution in [0.1, 0.15) is 31.9 Å². The average molecular weight is 377 g/mol. The minimum atomic E-state index is -0.650. The van der Waals surface area contributed by atoms with Crippen LogP contribution >= 0.6 is 0 Å². The number of amidine groups is 1. The Morgan fingerprint density at radius 2 is 1.93 bits per heavy atom. The minimum Gasteiger partial charge on any atom is -0.512 e. The van der Waals surface area contributed by atoms with Crippen molar-refractivity contribution >= 4 is 23.4 Å². The molecule has 7 heteroatoms. The first-order chi connectivity index (χ1) is 13.1. The zero-order chi connectivity index (χ0) is 20.7. The van der Waals surface area contributed by atoms with Gasteiger partial charge in [-0.25, -0.2) is 9.78 Å². The highest BCUT2D eigenvalue weighted by Gasteiger charge is 2.16. The Morgan fingerprint density at radius 1 is 1.21 bits per heavy atom. The number of nitrogens with zero attached hydrogens (tertiary/aromatic N) is 2. The Hall–Kier alpha value is -3.79. The highest BCUT2D eigenvalue weighted by atomic mass is 16.3. The number of carbonyl (C=O) groups is 1. The van der Waals surface area contributed by atoms with Gasteiger partial charge in [0.1, 0.15) is 17.4 Å². The molecule has 0 aliphatic carbocycles. The van der Waals surface area contributed by atoms with Gasteiger partial charge in [-0.2, -0.15) is 4.99 Å². The minimum absolute atomic E-state index is 0.0379. The fourth-order valence-corrected chi connectivity index (χ4v) is 1.96. The van der Waals surface area contributed by atoms with Gasteiger partial charge in [-0.3, -0.25) is 0 Å². The van der Waals surface area contributed by atoms with Crippen LogP contribution in [0.2, 0.25) is 0 Å². The number of aliphatic hydroxyl groups excluding tert-OH is 1. The molecule has 0 spiro atoms. The number of rotatable bonds is 2. The maximum Gasteiger partial charge on any atom is 0.347 e. The lowest BCUT2D eigenvalue weighted by atomic mass is 9.93. The van der Waals surface area contributed by atoms with Crippen molar-refractivity contribution in [3.63, 3.8) is 0 Å². The summed E-state index contributed by atoms with van der Waals surface area (Å²) in [5.41, 5.74) is 12.7. The maximum atomic E-state index is 12.0. The molecule has 1 aromatic heterocycles. The molecule has 0 radical (unpaired) electrons. The van der Waals surface area contributed by atoms with Crippen LogP contribution in [0.4, 0.5) is 16.3 Å². The Labute approximate surface area is 164 Å². The standard InChI is InChI=1S/C21H23N5O2/c1-21(2,3)17(27)12-19(23)26-20(28)25-16-6-4-5-14(11-16)7-8-15-9-10-18(22)24-13-15/h4-6,9-13,27H,1-3H3,(H2,22,24)(H3,23,25,26,28)/b17-12-. The summed E-state index contributed by atoms with van der Waals surface area (Å²) in [5.74, 6) is 6.35. The predicted molar refractivity (Wildman–Crippen MR) is 112 cm³/mol. The molecular weight excluding hydrogens is 354 g/mol. The number of aliphatic hydroxyl groups is 1. The number of urea groups is 1. The zero-order valence-electron chi connectivity index (χ0n) is 16.0. The maximum absolute atomic E-state index is 12.0. The van der Waals surface area contributed by atoms with E-state index < -0.39 is 11.4 Å². The zero-order valence-corrected chi connectivity index (χ0v) is 16.0. The second-order valence-electron chi connectivity index (χ2n) is 7.05. The fourth-order valence-electron chi connectivity index (χ4n) is 1.96. The molecule has 28 heavy (non-hydrogen) atoms. The van der Waals surface area contributed by atoms with Gasteiger partial charge in [0.15, 0.2) is 0 Å². The van der Waals surface area contributed by atoms with Crippen LogP contribution in [0.5, 0.6) is 0 Å². The Bertz CT molecular complexity index is 974. The molecule has 0 aliphatic heterocycles. The van der Waals surface area contributed by atoms with E-state index in [1.807, 2.05) is 26.8 Å². The highest BCUT2D eigenvalue weighted by Crippen LogP contribution is 2.22. The Balaban J connectivity index is 2.09. The van der Waals surface area contributed by atoms with Gasteiger partial charge < -0.3 is 21.9 Å². The van der Waals surface area contributed by atoms with E-state index in [1.165, 1.54) is 6.08 Å². The van der Waals surface area contributed by atoms with Crippen LogP contribution in [-0.4, -0.2) is 22.0 Å². The quantitative estimate of drug-likeness (QED) is 0.276. The number of nitrogens with two attached hydrogens (primary N) is 2. The van der Waals surface area contributed by atoms with Crippen LogP contribution in [0.15, 0.2) is 59.4 Å². The Kier molecular flexibility index (Phi) is 6.40. The molecule has 144 valence electrons. The van der Waals surface area contributed by atoms with Gasteiger partial charge in [0, 0.05) is 34.5 Å². The highest BCUT2D eigenvalue weighted by molar-refractivity contribution is 6.03. The van der Waals surface area contributed by atoms with E-state index in [0.717, 1.165) is 5.56 Å². The molecule has 2 aromatic rings. The van der Waals surface area contributed by atoms with Gasteiger partial charge in [0.2, 0.25) is 0 Å². The molecule has 7 nitrogen and oxygen atoms in total. The van der Waals surface area contributed by atoms with Gasteiger partial charge in [-0.05, 0) is 30.3 Å². The predicted octanol–water partition coefficient (Wildman–Crippen LogP) is 3.44. The van der Waals surface area contributed by atoms with Crippen molar-refractivity contribution in [2.24, 2.45) is 16.1 Å². The van der Waals surface area contributed by atoms with Gasteiger partial charge in [0.05, 0.1) is 0 Å². The summed E-state index contributed by atoms with van der Waals surface area (Å²) < 4.78 is 0. The number of hydrogen-bond acceptors (Lipinski definition) is 4. The average Bonchev–Trinajstić information content (AvgIpc) is 2.60. The number of aliphatic imine (C=N–C) groups is 1. The topological polar surface area (TPSA) is 127 Å². The monoisotopic (exact) mass is 377 g/mol. The van der Waals surface area contributed by atoms with Crippen molar-refractivity contribution in [1.29, 1.82) is 0 Å². The van der Waals surface area contributed by atoms with E-state index in [-0.39, 0.29) is 11.6 Å². The summed E-state index contributed by atoms with van der Waals surface area (Å²) in [5, 5.41) is 12.5. The molecule has 1 heterocycles. The smallest absolute Gasteiger partial charge is 0.347 e. The first-order valence-corrected chi connectivity index (χ1v) is 8.53. The van der Waals surface area contributed by atoms with Crippen LogP contribution in [0.3, 0.4) is 0 Å². The number of aromatic nitrogens is 1. The van der Waals surface area contributed by atoms with Crippen molar-refractivity contribution in [1.82, 2.24) is 4.98 Å². The molecule has 1 aromatic carbocycles. The molecule has 2 rings (SSSR count). The van der Waals surface area contributed by atoms with Crippen molar-refractivity contribution in [2.45, 2.75) is 20.8 Å². The van der Waals surface area contributed by atoms with Crippen LogP contribution < -0.4 is 16.8 Å². The summed E-state index contributed by atoms with van der Waals surface area (Å²) in [6.45, 7) is 5.46. The lowest BCUT2D eigenvalue weighted by Crippen LogP contribution is -2.18. The third kappa shape index (κ3) is 6.50. The second-order valence-corrected chi connectivity index (χ2v) is 7.05. The van der Waals surface area contributed by atoms with E-state index in [2.05, 4.69) is 27.1 Å². The number of carbonyl (C=O) groups excluding carboxylic acids is 1. The number of nitrogens with one attached hydrogen (secondary N) is 1. The van der Waals surface area contributed by atoms with Crippen LogP contribution in [0.25, 0.3) is 0 Å². The fraction of sp³-hybridized carbons (Fsp3) is 0.190. The number of anilines is 2. The summed E-state index contributed by atoms with van der Waals surface area (Å²) >= 11 is 0. The molecule has 0 aliphatic rings. The molecule has 0 saturated carbocycles. The second kappa shape index (κ2) is 8.73. The molecule has 2 amide bonds. The number of nitrogen functional groups attached to an aromatic ring is 1. The van der Waals surface area contributed by atoms with Crippen LogP contribution in [0, 0.1) is 17.3 Å². The van der Waals surface area contributed by atoms with Crippen molar-refractivity contribution in [3.8, 4) is 11.8 Å². The van der Waals surface area contributed by atoms with Gasteiger partial charge in [0.25, 0.3) is 0 Å². The number of hydrogen-bond donors (Lipinski definition) is 4. The van der Waals surface area contributed by atoms with Gasteiger partial charge >= 0.3 is 6.03 Å². The molecule has 0 saturated heterocycles. The Morgan fingerprint density at radius 3 is 2.57 bits per heavy atom. The van der Waals surface area contributed by atoms with Gasteiger partial charge in [-0.15, -0.1) is 0 Å². The van der Waals surface area contributed by atoms with Gasteiger partial charge in [-0.1, -0.05) is 38.7 Å². The number of pyridine rings is 1. The van der Waals surface area contributed by atoms with Crippen molar-refractivity contribution < 1.29 is 9.90 Å². The number of allylic oxidation sites excluding steroid dienone is 1. The van der Waals surface area contributed by atoms with E-state index in [1.54, 1.807) is 36.5 Å². The van der Waals surface area contributed by atoms with E-state index in [9.17, 15) is 9.90 Å². The van der Waals surface area contributed by atoms with E-state index in [0.29, 0.717) is 17.1 Å². The van der Waals surface area contributed by atoms with Crippen molar-refractivity contribution in [2.75, 3.05) is 11.1 Å². The van der Waals surface area contributed by atoms with Crippen LogP contribution in [-0.2, 0) is 0 Å². The third-order valence-corrected chi connectivity index (χ3v) is 3.54. The van der Waals surface area contributed by atoms with E-state index in [4.69, 9.17) is 11.5 Å². The largest absolute Gasteiger partial charge is 0.512 e. The molecule has 0 unspecified atom stereocenters. The first kappa shape index (κ1) is 20.5. The molecule has 0 fully saturated rings. The first-order valence-electron chi connectivity index (χ1n) is 8.53. The molecular formula is C21H23N5O2. The summed E-state index contributed by atoms with van der Waals surface area (Å²) in [6.07, 6.45) is 2.86. The lowest BCUT2D eigenvalue weighted by molar-refractivity contribution is 0.259. The SMILES string of the molecule is CC(C)(C)/C(O)=C/C(N)=N\C(=O)Nc1cccc(C#Cc2ccc(N)nc2)c1. The number of amides is 2. The molecule has 0 bridgehead atoms. The lowest BCUT2D eigenvalue weighted by Gasteiger charge is -2.16.